The first-order valence-corrected chi connectivity index (χ1v) is 10.0. The molecule has 1 N–H and O–H groups in total. The van der Waals surface area contributed by atoms with E-state index in [2.05, 4.69) is 10.3 Å². The number of benzene rings is 2. The summed E-state index contributed by atoms with van der Waals surface area (Å²) in [5.41, 5.74) is 0.465. The van der Waals surface area contributed by atoms with Crippen LogP contribution in [0.5, 0.6) is 23.1 Å². The minimum absolute atomic E-state index is 0.0319. The zero-order chi connectivity index (χ0) is 22.8. The van der Waals surface area contributed by atoms with Crippen molar-refractivity contribution in [2.24, 2.45) is 0 Å². The number of pyridine rings is 1. The second-order valence-electron chi connectivity index (χ2n) is 6.68. The summed E-state index contributed by atoms with van der Waals surface area (Å²) in [6.07, 6.45) is 2.52. The van der Waals surface area contributed by atoms with Crippen LogP contribution in [0, 0.1) is 10.1 Å². The van der Waals surface area contributed by atoms with Crippen molar-refractivity contribution in [3.05, 3.63) is 82.5 Å². The number of amides is 1. The van der Waals surface area contributed by atoms with E-state index in [1.807, 2.05) is 19.1 Å². The molecule has 1 heterocycles. The number of carbonyl (C=O) groups excluding carboxylic acids is 1. The number of rotatable bonds is 11. The Morgan fingerprint density at radius 3 is 2.53 bits per heavy atom. The summed E-state index contributed by atoms with van der Waals surface area (Å²) < 4.78 is 16.7. The summed E-state index contributed by atoms with van der Waals surface area (Å²) in [4.78, 5) is 26.9. The Labute approximate surface area is 185 Å². The molecule has 0 aliphatic carbocycles. The maximum atomic E-state index is 12.2. The fourth-order valence-electron chi connectivity index (χ4n) is 2.70. The molecule has 9 heteroatoms. The van der Waals surface area contributed by atoms with Crippen molar-refractivity contribution in [2.75, 3.05) is 13.2 Å². The van der Waals surface area contributed by atoms with Crippen LogP contribution >= 0.6 is 0 Å². The predicted molar refractivity (Wildman–Crippen MR) is 117 cm³/mol. The van der Waals surface area contributed by atoms with Crippen molar-refractivity contribution in [2.45, 2.75) is 19.9 Å². The van der Waals surface area contributed by atoms with Gasteiger partial charge < -0.3 is 19.5 Å². The van der Waals surface area contributed by atoms with Crippen molar-refractivity contribution in [3.8, 4) is 23.1 Å². The highest BCUT2D eigenvalue weighted by atomic mass is 16.6. The van der Waals surface area contributed by atoms with Crippen LogP contribution in [0.1, 0.15) is 18.9 Å². The molecule has 0 aliphatic rings. The van der Waals surface area contributed by atoms with E-state index in [4.69, 9.17) is 14.2 Å². The molecular formula is C23H23N3O6. The Hall–Kier alpha value is -4.14. The van der Waals surface area contributed by atoms with Crippen LogP contribution in [-0.2, 0) is 11.3 Å². The molecule has 1 aromatic heterocycles. The van der Waals surface area contributed by atoms with Gasteiger partial charge >= 0.3 is 5.69 Å². The Bertz CT molecular complexity index is 1060. The van der Waals surface area contributed by atoms with Crippen LogP contribution in [0.3, 0.4) is 0 Å². The Morgan fingerprint density at radius 1 is 1.03 bits per heavy atom. The average Bonchev–Trinajstić information content (AvgIpc) is 2.82. The quantitative estimate of drug-likeness (QED) is 0.352. The SMILES string of the molecule is CCCOc1ccc(Oc2ncccc2CNC(=O)COc2ccccc2[N+](=O)[O-])cc1. The lowest BCUT2D eigenvalue weighted by Gasteiger charge is -2.12. The first-order chi connectivity index (χ1) is 15.6. The van der Waals surface area contributed by atoms with Gasteiger partial charge in [-0.1, -0.05) is 25.1 Å². The van der Waals surface area contributed by atoms with E-state index < -0.39 is 10.8 Å². The van der Waals surface area contributed by atoms with E-state index in [9.17, 15) is 14.9 Å². The van der Waals surface area contributed by atoms with Gasteiger partial charge in [0.2, 0.25) is 5.88 Å². The minimum atomic E-state index is -0.561. The fourth-order valence-corrected chi connectivity index (χ4v) is 2.70. The summed E-state index contributed by atoms with van der Waals surface area (Å²) in [5.74, 6) is 1.29. The molecule has 1 amide bonds. The topological polar surface area (TPSA) is 113 Å². The predicted octanol–water partition coefficient (Wildman–Crippen LogP) is 4.27. The number of hydrogen-bond donors (Lipinski definition) is 1. The maximum Gasteiger partial charge on any atom is 0.310 e. The normalized spacial score (nSPS) is 10.3. The molecule has 32 heavy (non-hydrogen) atoms. The molecule has 0 saturated carbocycles. The third kappa shape index (κ3) is 6.43. The number of ether oxygens (including phenoxy) is 3. The molecule has 3 rings (SSSR count). The van der Waals surface area contributed by atoms with Gasteiger partial charge in [-0.2, -0.15) is 0 Å². The lowest BCUT2D eigenvalue weighted by molar-refractivity contribution is -0.385. The molecule has 3 aromatic rings. The van der Waals surface area contributed by atoms with E-state index in [-0.39, 0.29) is 24.6 Å². The van der Waals surface area contributed by atoms with Gasteiger partial charge in [0.1, 0.15) is 11.5 Å². The number of para-hydroxylation sites is 2. The number of hydrogen-bond acceptors (Lipinski definition) is 7. The number of nitro groups is 1. The lowest BCUT2D eigenvalue weighted by Crippen LogP contribution is -2.28. The van der Waals surface area contributed by atoms with E-state index in [1.165, 1.54) is 18.2 Å². The average molecular weight is 437 g/mol. The van der Waals surface area contributed by atoms with Crippen molar-refractivity contribution in [1.29, 1.82) is 0 Å². The fraction of sp³-hybridized carbons (Fsp3) is 0.217. The Morgan fingerprint density at radius 2 is 1.78 bits per heavy atom. The van der Waals surface area contributed by atoms with Gasteiger partial charge in [0.25, 0.3) is 5.91 Å². The smallest absolute Gasteiger partial charge is 0.310 e. The lowest BCUT2D eigenvalue weighted by atomic mass is 10.2. The molecule has 0 aliphatic heterocycles. The molecule has 2 aromatic carbocycles. The Kier molecular flexibility index (Phi) is 7.96. The zero-order valence-electron chi connectivity index (χ0n) is 17.5. The monoisotopic (exact) mass is 437 g/mol. The molecule has 0 radical (unpaired) electrons. The van der Waals surface area contributed by atoms with Crippen molar-refractivity contribution < 1.29 is 23.9 Å². The third-order valence-electron chi connectivity index (χ3n) is 4.26. The van der Waals surface area contributed by atoms with Crippen LogP contribution in [0.2, 0.25) is 0 Å². The standard InChI is InChI=1S/C23H23N3O6/c1-2-14-30-18-9-11-19(12-10-18)32-23-17(6-5-13-24-23)15-25-22(27)16-31-21-8-4-3-7-20(21)26(28)29/h3-13H,2,14-16H2,1H3,(H,25,27). The molecule has 0 bridgehead atoms. The number of nitro benzene ring substituents is 1. The highest BCUT2D eigenvalue weighted by molar-refractivity contribution is 5.77. The van der Waals surface area contributed by atoms with E-state index >= 15 is 0 Å². The number of nitrogens with zero attached hydrogens (tertiary/aromatic N) is 2. The van der Waals surface area contributed by atoms with Gasteiger partial charge in [-0.25, -0.2) is 4.98 Å². The van der Waals surface area contributed by atoms with Crippen LogP contribution in [0.4, 0.5) is 5.69 Å². The van der Waals surface area contributed by atoms with Gasteiger partial charge in [0, 0.05) is 24.4 Å². The third-order valence-corrected chi connectivity index (χ3v) is 4.26. The van der Waals surface area contributed by atoms with Crippen LogP contribution in [0.15, 0.2) is 66.9 Å². The van der Waals surface area contributed by atoms with Crippen LogP contribution in [0.25, 0.3) is 0 Å². The largest absolute Gasteiger partial charge is 0.494 e. The molecule has 166 valence electrons. The van der Waals surface area contributed by atoms with Crippen LogP contribution in [-0.4, -0.2) is 29.0 Å². The van der Waals surface area contributed by atoms with Crippen molar-refractivity contribution in [3.63, 3.8) is 0 Å². The Balaban J connectivity index is 1.56. The molecule has 0 fully saturated rings. The molecule has 0 atom stereocenters. The highest BCUT2D eigenvalue weighted by Crippen LogP contribution is 2.26. The number of carbonyl (C=O) groups is 1. The van der Waals surface area contributed by atoms with E-state index in [0.717, 1.165) is 12.2 Å². The van der Waals surface area contributed by atoms with Gasteiger partial charge in [0.15, 0.2) is 12.4 Å². The summed E-state index contributed by atoms with van der Waals surface area (Å²) in [6.45, 7) is 2.47. The summed E-state index contributed by atoms with van der Waals surface area (Å²) in [6, 6.07) is 16.6. The second-order valence-corrected chi connectivity index (χ2v) is 6.68. The summed E-state index contributed by atoms with van der Waals surface area (Å²) >= 11 is 0. The van der Waals surface area contributed by atoms with Gasteiger partial charge in [-0.05, 0) is 42.8 Å². The van der Waals surface area contributed by atoms with Crippen LogP contribution < -0.4 is 19.5 Å². The molecule has 0 unspecified atom stereocenters. The minimum Gasteiger partial charge on any atom is -0.494 e. The van der Waals surface area contributed by atoms with Crippen molar-refractivity contribution >= 4 is 11.6 Å². The highest BCUT2D eigenvalue weighted by Gasteiger charge is 2.15. The van der Waals surface area contributed by atoms with Crippen molar-refractivity contribution in [1.82, 2.24) is 10.3 Å². The molecular weight excluding hydrogens is 414 g/mol. The summed E-state index contributed by atoms with van der Waals surface area (Å²) in [5, 5.41) is 13.7. The number of nitrogens with one attached hydrogen (secondary N) is 1. The van der Waals surface area contributed by atoms with E-state index in [0.29, 0.717) is 23.8 Å². The first-order valence-electron chi connectivity index (χ1n) is 10.0. The van der Waals surface area contributed by atoms with Gasteiger partial charge in [-0.15, -0.1) is 0 Å². The maximum absolute atomic E-state index is 12.2. The van der Waals surface area contributed by atoms with Gasteiger partial charge in [0.05, 0.1) is 11.5 Å². The zero-order valence-corrected chi connectivity index (χ0v) is 17.5. The van der Waals surface area contributed by atoms with E-state index in [1.54, 1.807) is 36.5 Å². The second kappa shape index (κ2) is 11.3. The molecule has 0 saturated heterocycles. The van der Waals surface area contributed by atoms with Gasteiger partial charge in [-0.3, -0.25) is 14.9 Å². The number of aromatic nitrogens is 1. The summed E-state index contributed by atoms with van der Waals surface area (Å²) in [7, 11) is 0. The molecule has 0 spiro atoms. The molecule has 9 nitrogen and oxygen atoms in total. The first kappa shape index (κ1) is 22.5.